The van der Waals surface area contributed by atoms with Gasteiger partial charge in [0.15, 0.2) is 0 Å². The quantitative estimate of drug-likeness (QED) is 0.670. The van der Waals surface area contributed by atoms with E-state index in [1.807, 2.05) is 0 Å². The van der Waals surface area contributed by atoms with E-state index in [4.69, 9.17) is 0 Å². The molecule has 0 N–H and O–H groups in total. The van der Waals surface area contributed by atoms with Gasteiger partial charge < -0.3 is 18.7 Å². The predicted molar refractivity (Wildman–Crippen MR) is 49.1 cm³/mol. The summed E-state index contributed by atoms with van der Waals surface area (Å²) < 4.78 is 0. The van der Waals surface area contributed by atoms with Crippen molar-refractivity contribution >= 4 is 0 Å². The third-order valence-corrected chi connectivity index (χ3v) is 2.89. The maximum absolute atomic E-state index is 4.23. The third kappa shape index (κ3) is 3.43. The Labute approximate surface area is 102 Å². The molecule has 69 valence electrons. The molecule has 1 rings (SSSR count). The van der Waals surface area contributed by atoms with Crippen LogP contribution in [0.3, 0.4) is 0 Å². The Kier molecular flexibility index (Phi) is 6.23. The van der Waals surface area contributed by atoms with E-state index in [1.165, 1.54) is 32.5 Å². The normalized spacial score (nSPS) is 23.2. The second-order valence-corrected chi connectivity index (χ2v) is 3.68. The smallest absolute Gasteiger partial charge is 0 e. The second-order valence-electron chi connectivity index (χ2n) is 3.68. The average molecular weight is 242 g/mol. The maximum atomic E-state index is 4.23. The summed E-state index contributed by atoms with van der Waals surface area (Å²) in [6.07, 6.45) is 3.44. The summed E-state index contributed by atoms with van der Waals surface area (Å²) in [6, 6.07) is 0. The van der Waals surface area contributed by atoms with Crippen molar-refractivity contribution in [3.63, 3.8) is 0 Å². The Balaban J connectivity index is 0.00000121. The van der Waals surface area contributed by atoms with Crippen molar-refractivity contribution in [3.05, 3.63) is 13.8 Å². The summed E-state index contributed by atoms with van der Waals surface area (Å²) >= 11 is 0. The first kappa shape index (κ1) is 13.1. The summed E-state index contributed by atoms with van der Waals surface area (Å²) in [4.78, 5) is 2.49. The maximum Gasteiger partial charge on any atom is 0 e. The number of nitrogens with zero attached hydrogens (tertiary/aromatic N) is 1. The molecular formula is C10H19NY-2. The molecule has 1 saturated heterocycles. The van der Waals surface area contributed by atoms with Gasteiger partial charge >= 0.3 is 0 Å². The molecular weight excluding hydrogens is 223 g/mol. The molecule has 1 radical (unpaired) electrons. The van der Waals surface area contributed by atoms with Crippen molar-refractivity contribution in [1.82, 2.24) is 4.90 Å². The number of piperidine rings is 1. The molecule has 0 aliphatic carbocycles. The summed E-state index contributed by atoms with van der Waals surface area (Å²) in [5, 5.41) is 0. The van der Waals surface area contributed by atoms with E-state index in [0.29, 0.717) is 5.41 Å². The van der Waals surface area contributed by atoms with Crippen LogP contribution >= 0.6 is 0 Å². The number of hydrogen-bond donors (Lipinski definition) is 0. The van der Waals surface area contributed by atoms with Gasteiger partial charge in [0.1, 0.15) is 0 Å². The zero-order chi connectivity index (χ0) is 8.32. The monoisotopic (exact) mass is 242 g/mol. The third-order valence-electron chi connectivity index (χ3n) is 2.89. The molecule has 0 aromatic heterocycles. The summed E-state index contributed by atoms with van der Waals surface area (Å²) in [6.45, 7) is 14.0. The molecule has 0 unspecified atom stereocenters. The van der Waals surface area contributed by atoms with Crippen LogP contribution < -0.4 is 0 Å². The molecule has 0 atom stereocenters. The van der Waals surface area contributed by atoms with Crippen LogP contribution in [0.1, 0.15) is 26.2 Å². The Morgan fingerprint density at radius 2 is 1.83 bits per heavy atom. The number of rotatable bonds is 2. The van der Waals surface area contributed by atoms with Crippen LogP contribution in [0.5, 0.6) is 0 Å². The van der Waals surface area contributed by atoms with E-state index >= 15 is 0 Å². The van der Waals surface area contributed by atoms with Crippen LogP contribution in [-0.4, -0.2) is 24.5 Å². The van der Waals surface area contributed by atoms with E-state index in [9.17, 15) is 0 Å². The molecule has 0 saturated carbocycles. The Bertz CT molecular complexity index is 117. The van der Waals surface area contributed by atoms with Gasteiger partial charge in [0.25, 0.3) is 0 Å². The van der Waals surface area contributed by atoms with Crippen LogP contribution in [0.2, 0.25) is 0 Å². The van der Waals surface area contributed by atoms with Crippen molar-refractivity contribution in [3.8, 4) is 0 Å². The molecule has 1 aliphatic rings. The van der Waals surface area contributed by atoms with Crippen LogP contribution in [0, 0.1) is 19.3 Å². The SMILES string of the molecule is [CH2-]CC1([CH2-])CCN(CC)CC1.[Y]. The van der Waals surface area contributed by atoms with Gasteiger partial charge in [-0.05, 0) is 19.6 Å². The molecule has 0 aromatic carbocycles. The fourth-order valence-corrected chi connectivity index (χ4v) is 1.59. The minimum atomic E-state index is 0. The zero-order valence-electron chi connectivity index (χ0n) is 8.18. The molecule has 0 aromatic rings. The Morgan fingerprint density at radius 3 is 2.17 bits per heavy atom. The van der Waals surface area contributed by atoms with Crippen molar-refractivity contribution in [2.24, 2.45) is 5.41 Å². The summed E-state index contributed by atoms with van der Waals surface area (Å²) in [7, 11) is 0. The van der Waals surface area contributed by atoms with Gasteiger partial charge in [0.05, 0.1) is 0 Å². The minimum absolute atomic E-state index is 0. The van der Waals surface area contributed by atoms with Crippen LogP contribution in [0.25, 0.3) is 0 Å². The van der Waals surface area contributed by atoms with Gasteiger partial charge in [-0.15, -0.1) is 0 Å². The topological polar surface area (TPSA) is 3.24 Å². The average Bonchev–Trinajstić information content (AvgIpc) is 2.06. The zero-order valence-corrected chi connectivity index (χ0v) is 11.0. The standard InChI is InChI=1S/C10H19N.Y/c1-4-10(3)6-8-11(5-2)9-7-10;/h1,3-9H2,2H3;/q-2;. The second kappa shape index (κ2) is 5.72. The fraction of sp³-hybridized carbons (Fsp3) is 0.800. The van der Waals surface area contributed by atoms with Crippen molar-refractivity contribution in [2.75, 3.05) is 19.6 Å². The van der Waals surface area contributed by atoms with Gasteiger partial charge in [0, 0.05) is 32.7 Å². The first-order valence-electron chi connectivity index (χ1n) is 4.57. The molecule has 1 nitrogen and oxygen atoms in total. The van der Waals surface area contributed by atoms with E-state index in [0.717, 1.165) is 6.42 Å². The first-order valence-corrected chi connectivity index (χ1v) is 4.57. The van der Waals surface area contributed by atoms with E-state index in [1.54, 1.807) is 0 Å². The fourth-order valence-electron chi connectivity index (χ4n) is 1.59. The van der Waals surface area contributed by atoms with Crippen LogP contribution in [-0.2, 0) is 32.7 Å². The largest absolute Gasteiger partial charge is 0.345 e. The molecule has 1 fully saturated rings. The van der Waals surface area contributed by atoms with E-state index in [2.05, 4.69) is 25.7 Å². The van der Waals surface area contributed by atoms with E-state index < -0.39 is 0 Å². The van der Waals surface area contributed by atoms with Crippen LogP contribution in [0.4, 0.5) is 0 Å². The van der Waals surface area contributed by atoms with Crippen molar-refractivity contribution in [1.29, 1.82) is 0 Å². The molecule has 1 aliphatic heterocycles. The first-order chi connectivity index (χ1) is 5.20. The van der Waals surface area contributed by atoms with Gasteiger partial charge in [-0.3, -0.25) is 0 Å². The minimum Gasteiger partial charge on any atom is -0.345 e. The molecule has 1 heterocycles. The number of likely N-dealkylation sites (tertiary alicyclic amines) is 1. The van der Waals surface area contributed by atoms with Gasteiger partial charge in [-0.25, -0.2) is 6.42 Å². The van der Waals surface area contributed by atoms with Gasteiger partial charge in [-0.1, -0.05) is 19.8 Å². The molecule has 2 heteroatoms. The molecule has 12 heavy (non-hydrogen) atoms. The summed E-state index contributed by atoms with van der Waals surface area (Å²) in [5.41, 5.74) is 0.297. The molecule has 0 bridgehead atoms. The number of hydrogen-bond acceptors (Lipinski definition) is 1. The predicted octanol–water partition coefficient (Wildman–Crippen LogP) is 2.14. The van der Waals surface area contributed by atoms with Crippen molar-refractivity contribution in [2.45, 2.75) is 26.2 Å². The summed E-state index contributed by atoms with van der Waals surface area (Å²) in [5.74, 6) is 0. The van der Waals surface area contributed by atoms with Gasteiger partial charge in [0.2, 0.25) is 0 Å². The Morgan fingerprint density at radius 1 is 1.33 bits per heavy atom. The molecule has 0 spiro atoms. The molecule has 0 amide bonds. The van der Waals surface area contributed by atoms with Crippen LogP contribution in [0.15, 0.2) is 0 Å². The van der Waals surface area contributed by atoms with Gasteiger partial charge in [-0.2, -0.15) is 5.41 Å². The van der Waals surface area contributed by atoms with Crippen molar-refractivity contribution < 1.29 is 32.7 Å². The van der Waals surface area contributed by atoms with E-state index in [-0.39, 0.29) is 32.7 Å². The Hall–Kier alpha value is 1.06.